The summed E-state index contributed by atoms with van der Waals surface area (Å²) < 4.78 is 27.2. The highest BCUT2D eigenvalue weighted by molar-refractivity contribution is 8.13. The number of carbonyl (C=O) groups excluding carboxylic acids is 1. The first-order valence-corrected chi connectivity index (χ1v) is 8.53. The topological polar surface area (TPSA) is 72.5 Å². The number of hydrogen-bond acceptors (Lipinski definition) is 4. The fraction of sp³-hybridized carbons (Fsp3) is 0.417. The van der Waals surface area contributed by atoms with Gasteiger partial charge in [0.1, 0.15) is 5.60 Å². The van der Waals surface area contributed by atoms with Crippen LogP contribution in [0.1, 0.15) is 26.3 Å². The lowest BCUT2D eigenvalue weighted by atomic mass is 10.2. The molecule has 0 aromatic heterocycles. The molecule has 0 aliphatic rings. The monoisotopic (exact) mass is 339 g/mol. The van der Waals surface area contributed by atoms with Crippen LogP contribution in [-0.4, -0.2) is 20.1 Å². The summed E-state index contributed by atoms with van der Waals surface area (Å²) in [6.45, 7) is 5.21. The zero-order valence-corrected chi connectivity index (χ0v) is 13.6. The molecule has 0 fully saturated rings. The Balaban J connectivity index is 2.88. The molecule has 0 saturated heterocycles. The minimum Gasteiger partial charge on any atom is -0.444 e. The van der Waals surface area contributed by atoms with Crippen LogP contribution in [0.2, 0.25) is 5.02 Å². The number of nitrogens with one attached hydrogen (secondary N) is 1. The molecule has 1 aromatic rings. The van der Waals surface area contributed by atoms with Crippen molar-refractivity contribution < 1.29 is 17.9 Å². The lowest BCUT2D eigenvalue weighted by Crippen LogP contribution is -2.27. The molecule has 0 bridgehead atoms. The number of hydrogen-bond donors (Lipinski definition) is 1. The number of amides is 1. The second-order valence-corrected chi connectivity index (χ2v) is 8.30. The minimum absolute atomic E-state index is 0.254. The Morgan fingerprint density at radius 1 is 1.35 bits per heavy atom. The maximum atomic E-state index is 11.6. The summed E-state index contributed by atoms with van der Waals surface area (Å²) in [5, 5.41) is 2.75. The van der Waals surface area contributed by atoms with Gasteiger partial charge in [0.25, 0.3) is 0 Å². The SMILES string of the molecule is CC(C)(C)OC(=O)Nc1ccc(Cl)c(CS(=O)(=O)Cl)c1. The van der Waals surface area contributed by atoms with Gasteiger partial charge in [0.05, 0.1) is 5.75 Å². The van der Waals surface area contributed by atoms with Gasteiger partial charge in [0, 0.05) is 21.4 Å². The molecular weight excluding hydrogens is 325 g/mol. The molecule has 0 unspecified atom stereocenters. The van der Waals surface area contributed by atoms with Gasteiger partial charge in [-0.2, -0.15) is 0 Å². The molecule has 0 atom stereocenters. The summed E-state index contributed by atoms with van der Waals surface area (Å²) in [6.07, 6.45) is -0.639. The van der Waals surface area contributed by atoms with E-state index in [1.165, 1.54) is 18.2 Å². The smallest absolute Gasteiger partial charge is 0.412 e. The van der Waals surface area contributed by atoms with Crippen LogP contribution in [0.5, 0.6) is 0 Å². The Bertz CT molecular complexity index is 608. The standard InChI is InChI=1S/C12H15Cl2NO4S/c1-12(2,3)19-11(16)15-9-4-5-10(13)8(6-9)7-20(14,17)18/h4-6H,7H2,1-3H3,(H,15,16). The highest BCUT2D eigenvalue weighted by atomic mass is 35.7. The van der Waals surface area contributed by atoms with Crippen molar-refractivity contribution in [3.05, 3.63) is 28.8 Å². The molecule has 112 valence electrons. The summed E-state index contributed by atoms with van der Waals surface area (Å²) in [5.41, 5.74) is 0.0490. The lowest BCUT2D eigenvalue weighted by Gasteiger charge is -2.19. The first-order chi connectivity index (χ1) is 8.96. The second-order valence-electron chi connectivity index (χ2n) is 5.12. The van der Waals surface area contributed by atoms with Gasteiger partial charge >= 0.3 is 6.09 Å². The predicted octanol–water partition coefficient (Wildman–Crippen LogP) is 3.76. The molecule has 0 spiro atoms. The number of rotatable bonds is 3. The molecule has 1 amide bonds. The van der Waals surface area contributed by atoms with Gasteiger partial charge in [-0.15, -0.1) is 0 Å². The van der Waals surface area contributed by atoms with Crippen LogP contribution >= 0.6 is 22.3 Å². The fourth-order valence-electron chi connectivity index (χ4n) is 1.37. The van der Waals surface area contributed by atoms with Crippen molar-refractivity contribution in [3.8, 4) is 0 Å². The van der Waals surface area contributed by atoms with E-state index in [1.807, 2.05) is 0 Å². The molecule has 1 rings (SSSR count). The quantitative estimate of drug-likeness (QED) is 0.851. The zero-order valence-electron chi connectivity index (χ0n) is 11.2. The van der Waals surface area contributed by atoms with E-state index < -0.39 is 26.5 Å². The molecule has 0 saturated carbocycles. The number of ether oxygens (including phenoxy) is 1. The van der Waals surface area contributed by atoms with Crippen molar-refractivity contribution >= 4 is 43.1 Å². The van der Waals surface area contributed by atoms with E-state index in [4.69, 9.17) is 27.0 Å². The third-order valence-corrected chi connectivity index (χ3v) is 3.37. The van der Waals surface area contributed by atoms with Gasteiger partial charge in [-0.05, 0) is 44.5 Å². The van der Waals surface area contributed by atoms with Crippen molar-refractivity contribution in [3.63, 3.8) is 0 Å². The zero-order chi connectivity index (χ0) is 15.6. The highest BCUT2D eigenvalue weighted by Gasteiger charge is 2.17. The summed E-state index contributed by atoms with van der Waals surface area (Å²) in [6, 6.07) is 4.45. The van der Waals surface area contributed by atoms with E-state index in [0.717, 1.165) is 0 Å². The van der Waals surface area contributed by atoms with Gasteiger partial charge in [0.15, 0.2) is 0 Å². The Morgan fingerprint density at radius 3 is 2.45 bits per heavy atom. The number of benzene rings is 1. The molecule has 8 heteroatoms. The van der Waals surface area contributed by atoms with Crippen LogP contribution in [0.4, 0.5) is 10.5 Å². The van der Waals surface area contributed by atoms with Crippen molar-refractivity contribution in [1.29, 1.82) is 0 Å². The molecule has 1 N–H and O–H groups in total. The van der Waals surface area contributed by atoms with E-state index in [2.05, 4.69) is 5.32 Å². The van der Waals surface area contributed by atoms with E-state index in [1.54, 1.807) is 20.8 Å². The molecule has 1 aromatic carbocycles. The molecule has 5 nitrogen and oxygen atoms in total. The lowest BCUT2D eigenvalue weighted by molar-refractivity contribution is 0.0636. The Morgan fingerprint density at radius 2 is 1.95 bits per heavy atom. The predicted molar refractivity (Wildman–Crippen MR) is 79.8 cm³/mol. The highest BCUT2D eigenvalue weighted by Crippen LogP contribution is 2.24. The largest absolute Gasteiger partial charge is 0.444 e. The van der Waals surface area contributed by atoms with Gasteiger partial charge in [-0.25, -0.2) is 13.2 Å². The Kier molecular flexibility index (Phi) is 5.29. The van der Waals surface area contributed by atoms with Gasteiger partial charge in [-0.3, -0.25) is 5.32 Å². The van der Waals surface area contributed by atoms with Crippen LogP contribution in [0.25, 0.3) is 0 Å². The Labute approximate surface area is 127 Å². The number of halogens is 2. The summed E-state index contributed by atoms with van der Waals surface area (Å²) in [7, 11) is 1.46. The van der Waals surface area contributed by atoms with E-state index in [0.29, 0.717) is 11.3 Å². The van der Waals surface area contributed by atoms with Crippen LogP contribution in [0.15, 0.2) is 18.2 Å². The fourth-order valence-corrected chi connectivity index (χ4v) is 2.60. The second kappa shape index (κ2) is 6.20. The van der Waals surface area contributed by atoms with Crippen molar-refractivity contribution in [2.45, 2.75) is 32.1 Å². The molecule has 20 heavy (non-hydrogen) atoms. The van der Waals surface area contributed by atoms with Crippen LogP contribution in [-0.2, 0) is 19.5 Å². The van der Waals surface area contributed by atoms with E-state index in [-0.39, 0.29) is 5.02 Å². The minimum atomic E-state index is -3.73. The third-order valence-electron chi connectivity index (χ3n) is 2.02. The maximum absolute atomic E-state index is 11.6. The van der Waals surface area contributed by atoms with Crippen molar-refractivity contribution in [1.82, 2.24) is 0 Å². The average molecular weight is 340 g/mol. The molecule has 0 aliphatic heterocycles. The number of anilines is 1. The third kappa shape index (κ3) is 6.45. The Hall–Kier alpha value is -0.980. The molecular formula is C12H15Cl2NO4S. The normalized spacial score (nSPS) is 12.1. The van der Waals surface area contributed by atoms with E-state index >= 15 is 0 Å². The van der Waals surface area contributed by atoms with Crippen molar-refractivity contribution in [2.24, 2.45) is 0 Å². The van der Waals surface area contributed by atoms with Gasteiger partial charge < -0.3 is 4.74 Å². The summed E-state index contributed by atoms with van der Waals surface area (Å²) in [5.74, 6) is -0.419. The average Bonchev–Trinajstić information content (AvgIpc) is 2.18. The summed E-state index contributed by atoms with van der Waals surface area (Å²) in [4.78, 5) is 11.6. The first-order valence-electron chi connectivity index (χ1n) is 5.67. The number of carbonyl (C=O) groups is 1. The molecule has 0 aliphatic carbocycles. The van der Waals surface area contributed by atoms with Gasteiger partial charge in [-0.1, -0.05) is 11.6 Å². The molecule has 0 heterocycles. The van der Waals surface area contributed by atoms with Crippen LogP contribution in [0.3, 0.4) is 0 Å². The maximum Gasteiger partial charge on any atom is 0.412 e. The van der Waals surface area contributed by atoms with Gasteiger partial charge in [0.2, 0.25) is 9.05 Å². The van der Waals surface area contributed by atoms with Crippen LogP contribution < -0.4 is 5.32 Å². The first kappa shape index (κ1) is 17.1. The van der Waals surface area contributed by atoms with E-state index in [9.17, 15) is 13.2 Å². The molecule has 0 radical (unpaired) electrons. The van der Waals surface area contributed by atoms with Crippen LogP contribution in [0, 0.1) is 0 Å². The van der Waals surface area contributed by atoms with Crippen molar-refractivity contribution in [2.75, 3.05) is 5.32 Å². The summed E-state index contributed by atoms with van der Waals surface area (Å²) >= 11 is 5.88.